The Morgan fingerprint density at radius 3 is 1.00 bits per heavy atom. The van der Waals surface area contributed by atoms with E-state index in [0.717, 1.165) is 50.1 Å². The molecule has 3 heterocycles. The summed E-state index contributed by atoms with van der Waals surface area (Å²) in [6, 6.07) is 70.8. The van der Waals surface area contributed by atoms with Crippen LogP contribution in [0.15, 0.2) is 206 Å². The molecule has 0 spiro atoms. The lowest BCUT2D eigenvalue weighted by atomic mass is 9.97. The van der Waals surface area contributed by atoms with Crippen molar-refractivity contribution in [1.82, 2.24) is 29.9 Å². The summed E-state index contributed by atoms with van der Waals surface area (Å²) < 4.78 is 2.49. The topological polar surface area (TPSA) is 77.3 Å². The maximum atomic E-state index is 4.94. The van der Waals surface area contributed by atoms with Gasteiger partial charge < -0.3 is 0 Å². The van der Waals surface area contributed by atoms with Gasteiger partial charge in [0.25, 0.3) is 0 Å². The van der Waals surface area contributed by atoms with E-state index in [4.69, 9.17) is 29.9 Å². The Bertz CT molecular complexity index is 3200. The minimum absolute atomic E-state index is 0.640. The molecule has 0 fully saturated rings. The van der Waals surface area contributed by atoms with Crippen LogP contribution in [0.4, 0.5) is 0 Å². The lowest BCUT2D eigenvalue weighted by Crippen LogP contribution is -2.00. The SMILES string of the molecule is c1ccc(-c2nc(-c3ccccc3)nc(-c3ccc(-c4ccc5c(c4)sc4cccc(-c6ccc(-c7nc(-c8ccccc8)nc(-c8ccccc8)n7)cc6)c45)cc3)n2)cc1. The smallest absolute Gasteiger partial charge is 0.164 e. The molecule has 0 aliphatic carbocycles. The number of benzene rings is 8. The molecule has 3 aromatic heterocycles. The Kier molecular flexibility index (Phi) is 9.26. The molecular weight excluding hydrogens is 765 g/mol. The number of thiophene rings is 1. The second-order valence-electron chi connectivity index (χ2n) is 14.7. The number of nitrogens with zero attached hydrogens (tertiary/aromatic N) is 6. The van der Waals surface area contributed by atoms with Gasteiger partial charge in [-0.2, -0.15) is 0 Å². The fourth-order valence-corrected chi connectivity index (χ4v) is 8.90. The van der Waals surface area contributed by atoms with Crippen LogP contribution in [0.3, 0.4) is 0 Å². The number of hydrogen-bond acceptors (Lipinski definition) is 7. The zero-order chi connectivity index (χ0) is 40.5. The molecule has 0 atom stereocenters. The molecule has 0 aliphatic heterocycles. The quantitative estimate of drug-likeness (QED) is 0.152. The molecule has 0 aliphatic rings. The third-order valence-corrected chi connectivity index (χ3v) is 11.9. The van der Waals surface area contributed by atoms with E-state index >= 15 is 0 Å². The molecular formula is C54H34N6S. The monoisotopic (exact) mass is 798 g/mol. The van der Waals surface area contributed by atoms with Crippen LogP contribution in [-0.2, 0) is 0 Å². The average molecular weight is 799 g/mol. The first-order valence-electron chi connectivity index (χ1n) is 20.1. The van der Waals surface area contributed by atoms with E-state index < -0.39 is 0 Å². The number of hydrogen-bond donors (Lipinski definition) is 0. The molecule has 0 amide bonds. The third-order valence-electron chi connectivity index (χ3n) is 10.8. The van der Waals surface area contributed by atoms with Gasteiger partial charge in [-0.1, -0.05) is 194 Å². The molecule has 61 heavy (non-hydrogen) atoms. The Morgan fingerprint density at radius 1 is 0.246 bits per heavy atom. The summed E-state index contributed by atoms with van der Waals surface area (Å²) in [4.78, 5) is 29.4. The van der Waals surface area contributed by atoms with Crippen LogP contribution in [0.1, 0.15) is 0 Å². The van der Waals surface area contributed by atoms with Gasteiger partial charge in [-0.15, -0.1) is 11.3 Å². The van der Waals surface area contributed by atoms with Gasteiger partial charge in [0, 0.05) is 53.6 Å². The summed E-state index contributed by atoms with van der Waals surface area (Å²) in [5, 5.41) is 2.50. The van der Waals surface area contributed by atoms with Gasteiger partial charge in [0.2, 0.25) is 0 Å². The molecule has 0 saturated heterocycles. The van der Waals surface area contributed by atoms with Crippen molar-refractivity contribution in [2.75, 3.05) is 0 Å². The standard InChI is InChI=1S/C54H34N6S/c1-5-14-37(15-6-1)49-55-50(38-16-7-2-8-17-38)58-53(57-49)41-28-24-35(25-29-41)43-32-33-45-47(34-43)61-46-23-13-22-44(48(45)46)36-26-30-42(31-27-36)54-59-51(39-18-9-3-10-19-39)56-52(60-54)40-20-11-4-12-21-40/h1-34H. The van der Waals surface area contributed by atoms with E-state index in [-0.39, 0.29) is 0 Å². The lowest BCUT2D eigenvalue weighted by Gasteiger charge is -2.10. The van der Waals surface area contributed by atoms with Crippen LogP contribution < -0.4 is 0 Å². The highest BCUT2D eigenvalue weighted by molar-refractivity contribution is 7.26. The summed E-state index contributed by atoms with van der Waals surface area (Å²) in [5.74, 6) is 3.88. The van der Waals surface area contributed by atoms with Gasteiger partial charge in [-0.25, -0.2) is 29.9 Å². The molecule has 8 aromatic carbocycles. The molecule has 11 aromatic rings. The lowest BCUT2D eigenvalue weighted by molar-refractivity contribution is 1.07. The van der Waals surface area contributed by atoms with Crippen LogP contribution in [0.25, 0.3) is 111 Å². The molecule has 0 N–H and O–H groups in total. The molecule has 11 rings (SSSR count). The first kappa shape index (κ1) is 36.1. The first-order valence-corrected chi connectivity index (χ1v) is 20.9. The van der Waals surface area contributed by atoms with E-state index in [0.29, 0.717) is 34.9 Å². The van der Waals surface area contributed by atoms with E-state index in [9.17, 15) is 0 Å². The fraction of sp³-hybridized carbons (Fsp3) is 0. The highest BCUT2D eigenvalue weighted by Crippen LogP contribution is 2.42. The van der Waals surface area contributed by atoms with Crippen molar-refractivity contribution >= 4 is 31.5 Å². The van der Waals surface area contributed by atoms with Crippen LogP contribution in [0.2, 0.25) is 0 Å². The Morgan fingerprint density at radius 2 is 0.590 bits per heavy atom. The van der Waals surface area contributed by atoms with Crippen molar-refractivity contribution in [3.05, 3.63) is 206 Å². The maximum Gasteiger partial charge on any atom is 0.164 e. The molecule has 0 unspecified atom stereocenters. The summed E-state index contributed by atoms with van der Waals surface area (Å²) in [6.07, 6.45) is 0. The normalized spacial score (nSPS) is 11.3. The van der Waals surface area contributed by atoms with E-state index in [1.807, 2.05) is 133 Å². The zero-order valence-electron chi connectivity index (χ0n) is 32.7. The Hall–Kier alpha value is -8.00. The van der Waals surface area contributed by atoms with Crippen molar-refractivity contribution in [3.63, 3.8) is 0 Å². The van der Waals surface area contributed by atoms with E-state index in [2.05, 4.69) is 84.9 Å². The molecule has 286 valence electrons. The van der Waals surface area contributed by atoms with Gasteiger partial charge in [0.15, 0.2) is 34.9 Å². The largest absolute Gasteiger partial charge is 0.208 e. The van der Waals surface area contributed by atoms with Crippen molar-refractivity contribution in [1.29, 1.82) is 0 Å². The molecule has 0 saturated carbocycles. The van der Waals surface area contributed by atoms with Crippen LogP contribution >= 0.6 is 11.3 Å². The number of rotatable bonds is 8. The first-order chi connectivity index (χ1) is 30.2. The highest BCUT2D eigenvalue weighted by atomic mass is 32.1. The summed E-state index contributed by atoms with van der Waals surface area (Å²) in [6.45, 7) is 0. The predicted molar refractivity (Wildman–Crippen MR) is 250 cm³/mol. The Balaban J connectivity index is 0.911. The minimum atomic E-state index is 0.640. The number of fused-ring (bicyclic) bond motifs is 3. The molecule has 0 bridgehead atoms. The van der Waals surface area contributed by atoms with Crippen molar-refractivity contribution in [2.45, 2.75) is 0 Å². The van der Waals surface area contributed by atoms with Gasteiger partial charge in [0.05, 0.1) is 0 Å². The highest BCUT2D eigenvalue weighted by Gasteiger charge is 2.16. The second-order valence-corrected chi connectivity index (χ2v) is 15.8. The fourth-order valence-electron chi connectivity index (χ4n) is 7.73. The van der Waals surface area contributed by atoms with Gasteiger partial charge in [-0.05, 0) is 34.4 Å². The second kappa shape index (κ2) is 15.6. The predicted octanol–water partition coefficient (Wildman–Crippen LogP) is 13.8. The van der Waals surface area contributed by atoms with Crippen molar-refractivity contribution < 1.29 is 0 Å². The maximum absolute atomic E-state index is 4.94. The van der Waals surface area contributed by atoms with Gasteiger partial charge >= 0.3 is 0 Å². The molecule has 0 radical (unpaired) electrons. The van der Waals surface area contributed by atoms with Gasteiger partial charge in [0.1, 0.15) is 0 Å². The van der Waals surface area contributed by atoms with E-state index in [1.54, 1.807) is 0 Å². The zero-order valence-corrected chi connectivity index (χ0v) is 33.5. The third kappa shape index (κ3) is 7.13. The molecule has 6 nitrogen and oxygen atoms in total. The average Bonchev–Trinajstić information content (AvgIpc) is 3.73. The molecule has 7 heteroatoms. The van der Waals surface area contributed by atoms with Crippen LogP contribution in [0, 0.1) is 0 Å². The van der Waals surface area contributed by atoms with Crippen LogP contribution in [-0.4, -0.2) is 29.9 Å². The van der Waals surface area contributed by atoms with E-state index in [1.165, 1.54) is 25.7 Å². The summed E-state index contributed by atoms with van der Waals surface area (Å²) in [5.41, 5.74) is 10.3. The summed E-state index contributed by atoms with van der Waals surface area (Å²) in [7, 11) is 0. The summed E-state index contributed by atoms with van der Waals surface area (Å²) >= 11 is 1.82. The minimum Gasteiger partial charge on any atom is -0.208 e. The Labute approximate surface area is 356 Å². The van der Waals surface area contributed by atoms with Crippen LogP contribution in [0.5, 0.6) is 0 Å². The van der Waals surface area contributed by atoms with Crippen molar-refractivity contribution in [3.8, 4) is 90.6 Å². The van der Waals surface area contributed by atoms with Crippen molar-refractivity contribution in [2.24, 2.45) is 0 Å². The number of aromatic nitrogens is 6. The van der Waals surface area contributed by atoms with Gasteiger partial charge in [-0.3, -0.25) is 0 Å².